The molecule has 24 heavy (non-hydrogen) atoms. The predicted octanol–water partition coefficient (Wildman–Crippen LogP) is -0.0212. The molecule has 0 aromatic heterocycles. The van der Waals surface area contributed by atoms with Gasteiger partial charge in [-0.2, -0.15) is 0 Å². The zero-order valence-corrected chi connectivity index (χ0v) is 13.9. The van der Waals surface area contributed by atoms with E-state index in [4.69, 9.17) is 16.2 Å². The van der Waals surface area contributed by atoms with Gasteiger partial charge in [-0.3, -0.25) is 14.4 Å². The standard InChI is InChI=1S/C16H24N4O4/c1-10(2)15(18)16(23)19-9-14(22)20-11-5-3-4-6-12(11)24-8-7-13(17)21/h3-6,10,15H,7-9,18H2,1-2H3,(H2,17,21)(H,19,23)(H,20,22)/t15-/m0/s1. The Morgan fingerprint density at radius 3 is 2.50 bits per heavy atom. The third kappa shape index (κ3) is 6.66. The van der Waals surface area contributed by atoms with Crippen LogP contribution in [0.15, 0.2) is 24.3 Å². The van der Waals surface area contributed by atoms with Crippen molar-refractivity contribution in [1.82, 2.24) is 5.32 Å². The lowest BCUT2D eigenvalue weighted by Gasteiger charge is -2.16. The molecule has 0 saturated carbocycles. The second-order valence-electron chi connectivity index (χ2n) is 5.60. The molecule has 3 amide bonds. The molecule has 0 bridgehead atoms. The number of carbonyl (C=O) groups is 3. The first-order chi connectivity index (χ1) is 11.3. The van der Waals surface area contributed by atoms with Gasteiger partial charge in [0.1, 0.15) is 5.75 Å². The van der Waals surface area contributed by atoms with Crippen molar-refractivity contribution >= 4 is 23.4 Å². The van der Waals surface area contributed by atoms with Gasteiger partial charge >= 0.3 is 0 Å². The fourth-order valence-electron chi connectivity index (χ4n) is 1.74. The first kappa shape index (κ1) is 19.4. The molecule has 0 radical (unpaired) electrons. The second-order valence-corrected chi connectivity index (χ2v) is 5.60. The van der Waals surface area contributed by atoms with E-state index in [-0.39, 0.29) is 31.4 Å². The van der Waals surface area contributed by atoms with E-state index >= 15 is 0 Å². The molecule has 0 fully saturated rings. The van der Waals surface area contributed by atoms with Gasteiger partial charge in [-0.05, 0) is 18.1 Å². The Kier molecular flexibility index (Phi) is 7.70. The molecule has 8 heteroatoms. The van der Waals surface area contributed by atoms with Crippen molar-refractivity contribution in [2.75, 3.05) is 18.5 Å². The highest BCUT2D eigenvalue weighted by Gasteiger charge is 2.18. The number of nitrogens with two attached hydrogens (primary N) is 2. The summed E-state index contributed by atoms with van der Waals surface area (Å²) in [5.41, 5.74) is 11.2. The first-order valence-corrected chi connectivity index (χ1v) is 7.64. The van der Waals surface area contributed by atoms with Crippen LogP contribution < -0.4 is 26.8 Å². The Bertz CT molecular complexity index is 589. The van der Waals surface area contributed by atoms with Gasteiger partial charge in [0.25, 0.3) is 0 Å². The molecule has 0 heterocycles. The topological polar surface area (TPSA) is 137 Å². The zero-order valence-electron chi connectivity index (χ0n) is 13.9. The Hall–Kier alpha value is -2.61. The average molecular weight is 336 g/mol. The van der Waals surface area contributed by atoms with Gasteiger partial charge in [-0.15, -0.1) is 0 Å². The van der Waals surface area contributed by atoms with Crippen LogP contribution in [0.1, 0.15) is 20.3 Å². The molecule has 0 aliphatic heterocycles. The summed E-state index contributed by atoms with van der Waals surface area (Å²) in [6.07, 6.45) is 0.0748. The van der Waals surface area contributed by atoms with E-state index in [1.807, 2.05) is 13.8 Å². The number of primary amides is 1. The minimum absolute atomic E-state index is 0.0209. The Labute approximate surface area is 140 Å². The van der Waals surface area contributed by atoms with Crippen LogP contribution in [0.4, 0.5) is 5.69 Å². The Balaban J connectivity index is 2.54. The lowest BCUT2D eigenvalue weighted by molar-refractivity contribution is -0.125. The van der Waals surface area contributed by atoms with Crippen molar-refractivity contribution in [3.63, 3.8) is 0 Å². The number of carbonyl (C=O) groups excluding carboxylic acids is 3. The predicted molar refractivity (Wildman–Crippen MR) is 90.2 cm³/mol. The van der Waals surface area contributed by atoms with E-state index in [9.17, 15) is 14.4 Å². The molecule has 0 unspecified atom stereocenters. The van der Waals surface area contributed by atoms with Crippen LogP contribution >= 0.6 is 0 Å². The van der Waals surface area contributed by atoms with Crippen LogP contribution in [-0.2, 0) is 14.4 Å². The fourth-order valence-corrected chi connectivity index (χ4v) is 1.74. The molecule has 0 spiro atoms. The fraction of sp³-hybridized carbons (Fsp3) is 0.438. The molecular formula is C16H24N4O4. The van der Waals surface area contributed by atoms with Crippen molar-refractivity contribution in [1.29, 1.82) is 0 Å². The molecule has 0 aliphatic carbocycles. The number of benzene rings is 1. The highest BCUT2D eigenvalue weighted by molar-refractivity contribution is 5.96. The molecule has 1 aromatic rings. The summed E-state index contributed by atoms with van der Waals surface area (Å²) in [6, 6.07) is 6.10. The largest absolute Gasteiger partial charge is 0.491 e. The maximum Gasteiger partial charge on any atom is 0.243 e. The third-order valence-corrected chi connectivity index (χ3v) is 3.21. The van der Waals surface area contributed by atoms with Crippen molar-refractivity contribution < 1.29 is 19.1 Å². The second kappa shape index (κ2) is 9.51. The molecular weight excluding hydrogens is 312 g/mol. The average Bonchev–Trinajstić information content (AvgIpc) is 2.53. The Morgan fingerprint density at radius 2 is 1.88 bits per heavy atom. The lowest BCUT2D eigenvalue weighted by atomic mass is 10.1. The SMILES string of the molecule is CC(C)[C@H](N)C(=O)NCC(=O)Nc1ccccc1OCCC(N)=O. The van der Waals surface area contributed by atoms with Gasteiger partial charge in [0, 0.05) is 0 Å². The van der Waals surface area contributed by atoms with Crippen LogP contribution in [0.2, 0.25) is 0 Å². The van der Waals surface area contributed by atoms with Crippen molar-refractivity contribution in [2.45, 2.75) is 26.3 Å². The molecule has 8 nitrogen and oxygen atoms in total. The van der Waals surface area contributed by atoms with Gasteiger partial charge < -0.3 is 26.8 Å². The van der Waals surface area contributed by atoms with Gasteiger partial charge in [-0.1, -0.05) is 26.0 Å². The highest BCUT2D eigenvalue weighted by atomic mass is 16.5. The molecule has 132 valence electrons. The van der Waals surface area contributed by atoms with Crippen LogP contribution in [-0.4, -0.2) is 36.9 Å². The summed E-state index contributed by atoms with van der Waals surface area (Å²) in [6.45, 7) is 3.56. The molecule has 0 aliphatic rings. The number of hydrogen-bond donors (Lipinski definition) is 4. The van der Waals surface area contributed by atoms with Gasteiger partial charge in [-0.25, -0.2) is 0 Å². The van der Waals surface area contributed by atoms with Crippen LogP contribution in [0, 0.1) is 5.92 Å². The smallest absolute Gasteiger partial charge is 0.243 e. The van der Waals surface area contributed by atoms with Gasteiger partial charge in [0.15, 0.2) is 0 Å². The van der Waals surface area contributed by atoms with Gasteiger partial charge in [0.2, 0.25) is 17.7 Å². The Morgan fingerprint density at radius 1 is 1.21 bits per heavy atom. The third-order valence-electron chi connectivity index (χ3n) is 3.21. The number of nitrogens with one attached hydrogen (secondary N) is 2. The normalized spacial score (nSPS) is 11.7. The molecule has 1 aromatic carbocycles. The summed E-state index contributed by atoms with van der Waals surface area (Å²) in [5.74, 6) is -0.873. The zero-order chi connectivity index (χ0) is 18.1. The van der Waals surface area contributed by atoms with Crippen molar-refractivity contribution in [2.24, 2.45) is 17.4 Å². The molecule has 1 atom stereocenters. The summed E-state index contributed by atoms with van der Waals surface area (Å²) < 4.78 is 5.42. The first-order valence-electron chi connectivity index (χ1n) is 7.64. The van der Waals surface area contributed by atoms with Crippen molar-refractivity contribution in [3.05, 3.63) is 24.3 Å². The van der Waals surface area contributed by atoms with E-state index in [1.54, 1.807) is 24.3 Å². The number of anilines is 1. The van der Waals surface area contributed by atoms with E-state index in [0.717, 1.165) is 0 Å². The van der Waals surface area contributed by atoms with Crippen LogP contribution in [0.25, 0.3) is 0 Å². The minimum atomic E-state index is -0.665. The van der Waals surface area contributed by atoms with Gasteiger partial charge in [0.05, 0.1) is 31.3 Å². The number of amides is 3. The van der Waals surface area contributed by atoms with E-state index in [1.165, 1.54) is 0 Å². The minimum Gasteiger partial charge on any atom is -0.491 e. The van der Waals surface area contributed by atoms with E-state index in [0.29, 0.717) is 11.4 Å². The molecule has 6 N–H and O–H groups in total. The lowest BCUT2D eigenvalue weighted by Crippen LogP contribution is -2.46. The summed E-state index contributed by atoms with van der Waals surface area (Å²) >= 11 is 0. The summed E-state index contributed by atoms with van der Waals surface area (Å²) in [5, 5.41) is 5.12. The number of rotatable bonds is 9. The molecule has 0 saturated heterocycles. The van der Waals surface area contributed by atoms with Crippen LogP contribution in [0.3, 0.4) is 0 Å². The van der Waals surface area contributed by atoms with E-state index < -0.39 is 17.9 Å². The van der Waals surface area contributed by atoms with Crippen LogP contribution in [0.5, 0.6) is 5.75 Å². The quantitative estimate of drug-likeness (QED) is 0.502. The monoisotopic (exact) mass is 336 g/mol. The number of ether oxygens (including phenoxy) is 1. The summed E-state index contributed by atoms with van der Waals surface area (Å²) in [4.78, 5) is 34.4. The maximum atomic E-state index is 11.9. The highest BCUT2D eigenvalue weighted by Crippen LogP contribution is 2.23. The summed E-state index contributed by atoms with van der Waals surface area (Å²) in [7, 11) is 0. The molecule has 1 rings (SSSR count). The van der Waals surface area contributed by atoms with E-state index in [2.05, 4.69) is 10.6 Å². The number of hydrogen-bond acceptors (Lipinski definition) is 5. The van der Waals surface area contributed by atoms with Crippen molar-refractivity contribution in [3.8, 4) is 5.75 Å². The number of para-hydroxylation sites is 2. The maximum absolute atomic E-state index is 11.9.